The van der Waals surface area contributed by atoms with E-state index < -0.39 is 4.92 Å². The number of thioether (sulfide) groups is 1. The molecule has 8 nitrogen and oxygen atoms in total. The number of carbonyl (C=O) groups is 1. The molecule has 1 amide bonds. The largest absolute Gasteiger partial charge is 0.358 e. The average Bonchev–Trinajstić information content (AvgIpc) is 3.15. The van der Waals surface area contributed by atoms with Crippen molar-refractivity contribution in [3.63, 3.8) is 0 Å². The quantitative estimate of drug-likeness (QED) is 0.526. The van der Waals surface area contributed by atoms with Gasteiger partial charge in [-0.2, -0.15) is 0 Å². The van der Waals surface area contributed by atoms with Crippen LogP contribution in [0, 0.1) is 10.1 Å². The number of carbonyl (C=O) groups excluding carboxylic acids is 1. The number of nitro groups is 1. The highest BCUT2D eigenvalue weighted by Gasteiger charge is 2.26. The minimum Gasteiger partial charge on any atom is -0.358 e. The summed E-state index contributed by atoms with van der Waals surface area (Å²) in [5.41, 5.74) is 0. The van der Waals surface area contributed by atoms with Gasteiger partial charge in [0.1, 0.15) is 11.2 Å². The van der Waals surface area contributed by atoms with Gasteiger partial charge in [-0.3, -0.25) is 4.79 Å². The van der Waals surface area contributed by atoms with Crippen LogP contribution in [0.1, 0.15) is 5.82 Å². The molecule has 1 N–H and O–H groups in total. The van der Waals surface area contributed by atoms with Crippen molar-refractivity contribution in [2.45, 2.75) is 0 Å². The van der Waals surface area contributed by atoms with Crippen molar-refractivity contribution in [2.24, 2.45) is 12.0 Å². The zero-order valence-corrected chi connectivity index (χ0v) is 12.8. The monoisotopic (exact) mass is 335 g/mol. The second-order valence-corrected chi connectivity index (χ2v) is 6.18. The van der Waals surface area contributed by atoms with Crippen LogP contribution in [0.15, 0.2) is 33.6 Å². The van der Waals surface area contributed by atoms with E-state index >= 15 is 0 Å². The van der Waals surface area contributed by atoms with Crippen molar-refractivity contribution in [3.05, 3.63) is 44.6 Å². The Balaban J connectivity index is 1.86. The van der Waals surface area contributed by atoms with Gasteiger partial charge in [0.05, 0.1) is 12.0 Å². The summed E-state index contributed by atoms with van der Waals surface area (Å²) < 4.78 is 1.31. The molecule has 1 aliphatic heterocycles. The third kappa shape index (κ3) is 2.78. The van der Waals surface area contributed by atoms with Gasteiger partial charge in [-0.25, -0.2) is 14.5 Å². The van der Waals surface area contributed by atoms with Crippen molar-refractivity contribution in [1.82, 2.24) is 14.9 Å². The van der Waals surface area contributed by atoms with Crippen LogP contribution in [0.25, 0.3) is 6.08 Å². The number of nitrogens with zero attached hydrogens (tertiary/aromatic N) is 4. The van der Waals surface area contributed by atoms with Gasteiger partial charge in [0.2, 0.25) is 5.82 Å². The van der Waals surface area contributed by atoms with Gasteiger partial charge in [-0.05, 0) is 34.2 Å². The van der Waals surface area contributed by atoms with Gasteiger partial charge >= 0.3 is 5.82 Å². The first kappa shape index (κ1) is 14.5. The average molecular weight is 335 g/mol. The summed E-state index contributed by atoms with van der Waals surface area (Å²) in [5.74, 6) is -0.101. The summed E-state index contributed by atoms with van der Waals surface area (Å²) in [6.45, 7) is 0. The zero-order valence-electron chi connectivity index (χ0n) is 11.2. The molecule has 2 aromatic rings. The van der Waals surface area contributed by atoms with Crippen molar-refractivity contribution in [2.75, 3.05) is 0 Å². The van der Waals surface area contributed by atoms with Crippen molar-refractivity contribution in [3.8, 4) is 0 Å². The van der Waals surface area contributed by atoms with E-state index in [2.05, 4.69) is 15.3 Å². The lowest BCUT2D eigenvalue weighted by Gasteiger charge is -1.94. The fourth-order valence-corrected chi connectivity index (χ4v) is 3.21. The number of hydrogen-bond acceptors (Lipinski definition) is 7. The van der Waals surface area contributed by atoms with Gasteiger partial charge in [-0.15, -0.1) is 11.3 Å². The Morgan fingerprint density at radius 2 is 2.36 bits per heavy atom. The molecule has 112 valence electrons. The maximum absolute atomic E-state index is 11.9. The van der Waals surface area contributed by atoms with Gasteiger partial charge < -0.3 is 15.4 Å². The van der Waals surface area contributed by atoms with Crippen molar-refractivity contribution < 1.29 is 9.72 Å². The number of thiophene rings is 1. The number of imidazole rings is 1. The van der Waals surface area contributed by atoms with Crippen LogP contribution < -0.4 is 5.32 Å². The number of rotatable bonds is 3. The number of amidine groups is 1. The van der Waals surface area contributed by atoms with Crippen LogP contribution in [0.5, 0.6) is 0 Å². The molecule has 0 atom stereocenters. The number of amides is 1. The molecule has 0 aromatic carbocycles. The van der Waals surface area contributed by atoms with E-state index in [9.17, 15) is 14.9 Å². The standard InChI is InChI=1S/C12H9N5O3S2/c1-16-8(13-6-10(16)17(19)20)5-7-11(18)15-12(22-7)14-9-3-2-4-21-9/h2-6H,1H3,(H,14,15,18)/b7-5-. The molecule has 0 spiro atoms. The van der Waals surface area contributed by atoms with E-state index in [1.54, 1.807) is 0 Å². The minimum atomic E-state index is -0.527. The van der Waals surface area contributed by atoms with Crippen LogP contribution in [0.3, 0.4) is 0 Å². The van der Waals surface area contributed by atoms with Gasteiger partial charge in [0.25, 0.3) is 5.91 Å². The Morgan fingerprint density at radius 3 is 3.00 bits per heavy atom. The first-order chi connectivity index (χ1) is 10.5. The lowest BCUT2D eigenvalue weighted by molar-refractivity contribution is -0.391. The SMILES string of the molecule is Cn1c([N+](=O)[O-])cnc1/C=C1\S/C(=N/c2cccs2)NC1=O. The van der Waals surface area contributed by atoms with E-state index in [-0.39, 0.29) is 11.7 Å². The maximum Gasteiger partial charge on any atom is 0.342 e. The second kappa shape index (κ2) is 5.73. The molecule has 0 radical (unpaired) electrons. The summed E-state index contributed by atoms with van der Waals surface area (Å²) in [7, 11) is 1.52. The minimum absolute atomic E-state index is 0.136. The number of aromatic nitrogens is 2. The van der Waals surface area contributed by atoms with Crippen LogP contribution in [-0.4, -0.2) is 25.5 Å². The first-order valence-corrected chi connectivity index (χ1v) is 7.73. The molecule has 3 heterocycles. The third-order valence-corrected chi connectivity index (χ3v) is 4.49. The Kier molecular flexibility index (Phi) is 3.77. The van der Waals surface area contributed by atoms with Crippen LogP contribution in [-0.2, 0) is 11.8 Å². The summed E-state index contributed by atoms with van der Waals surface area (Å²) in [5, 5.41) is 16.6. The molecule has 1 aliphatic rings. The summed E-state index contributed by atoms with van der Waals surface area (Å²) >= 11 is 2.63. The van der Waals surface area contributed by atoms with Gasteiger partial charge in [-0.1, -0.05) is 0 Å². The lowest BCUT2D eigenvalue weighted by atomic mass is 10.4. The predicted molar refractivity (Wildman–Crippen MR) is 85.0 cm³/mol. The van der Waals surface area contributed by atoms with Gasteiger partial charge in [0.15, 0.2) is 5.17 Å². The topological polar surface area (TPSA) is 102 Å². The third-order valence-electron chi connectivity index (χ3n) is 2.82. The Morgan fingerprint density at radius 1 is 1.55 bits per heavy atom. The normalized spacial score (nSPS) is 18.1. The summed E-state index contributed by atoms with van der Waals surface area (Å²) in [4.78, 5) is 30.8. The summed E-state index contributed by atoms with van der Waals surface area (Å²) in [6.07, 6.45) is 2.66. The van der Waals surface area contributed by atoms with E-state index in [1.165, 1.54) is 40.8 Å². The summed E-state index contributed by atoms with van der Waals surface area (Å²) in [6, 6.07) is 3.71. The van der Waals surface area contributed by atoms with Crippen LogP contribution >= 0.6 is 23.1 Å². The highest BCUT2D eigenvalue weighted by atomic mass is 32.2. The first-order valence-electron chi connectivity index (χ1n) is 6.04. The fourth-order valence-electron chi connectivity index (χ4n) is 1.75. The van der Waals surface area contributed by atoms with Crippen molar-refractivity contribution >= 4 is 51.1 Å². The van der Waals surface area contributed by atoms with Crippen LogP contribution in [0.4, 0.5) is 10.8 Å². The van der Waals surface area contributed by atoms with Crippen molar-refractivity contribution in [1.29, 1.82) is 0 Å². The number of hydrogen-bond donors (Lipinski definition) is 1. The smallest absolute Gasteiger partial charge is 0.342 e. The lowest BCUT2D eigenvalue weighted by Crippen LogP contribution is -2.19. The van der Waals surface area contributed by atoms with Crippen LogP contribution in [0.2, 0.25) is 0 Å². The Labute approximate surface area is 132 Å². The molecular formula is C12H9N5O3S2. The molecular weight excluding hydrogens is 326 g/mol. The molecule has 0 aliphatic carbocycles. The highest BCUT2D eigenvalue weighted by Crippen LogP contribution is 2.29. The van der Waals surface area contributed by atoms with E-state index in [1.807, 2.05) is 17.5 Å². The van der Waals surface area contributed by atoms with E-state index in [4.69, 9.17) is 0 Å². The van der Waals surface area contributed by atoms with E-state index in [0.29, 0.717) is 15.9 Å². The predicted octanol–water partition coefficient (Wildman–Crippen LogP) is 2.28. The molecule has 22 heavy (non-hydrogen) atoms. The molecule has 0 unspecified atom stereocenters. The molecule has 2 aromatic heterocycles. The molecule has 0 saturated carbocycles. The van der Waals surface area contributed by atoms with E-state index in [0.717, 1.165) is 11.2 Å². The molecule has 3 rings (SSSR count). The second-order valence-electron chi connectivity index (χ2n) is 4.22. The highest BCUT2D eigenvalue weighted by molar-refractivity contribution is 8.18. The fraction of sp³-hybridized carbons (Fsp3) is 0.0833. The number of aliphatic imine (C=N–C) groups is 1. The zero-order chi connectivity index (χ0) is 15.7. The number of nitrogens with one attached hydrogen (secondary N) is 1. The molecule has 0 bridgehead atoms. The Hall–Kier alpha value is -2.46. The maximum atomic E-state index is 11.9. The molecule has 1 saturated heterocycles. The van der Waals surface area contributed by atoms with Gasteiger partial charge in [0, 0.05) is 6.08 Å². The molecule has 10 heteroatoms. The Bertz CT molecular complexity index is 807. The molecule has 1 fully saturated rings.